The number of hydrogen-bond acceptors (Lipinski definition) is 4. The van der Waals surface area contributed by atoms with E-state index in [1.54, 1.807) is 0 Å². The van der Waals surface area contributed by atoms with E-state index < -0.39 is 24.3 Å². The van der Waals surface area contributed by atoms with Crippen LogP contribution < -0.4 is 0 Å². The minimum atomic E-state index is -0.750. The molecule has 1 aromatic carbocycles. The van der Waals surface area contributed by atoms with E-state index in [4.69, 9.17) is 5.11 Å². The number of aliphatic hydroxyl groups is 3. The van der Waals surface area contributed by atoms with E-state index in [1.807, 2.05) is 12.1 Å². The number of hydrogen-bond donors (Lipinski definition) is 4. The normalized spacial score (nSPS) is 25.2. The van der Waals surface area contributed by atoms with Crippen LogP contribution in [0.3, 0.4) is 0 Å². The highest BCUT2D eigenvalue weighted by Crippen LogP contribution is 2.39. The van der Waals surface area contributed by atoms with E-state index >= 15 is 0 Å². The molecule has 29 heavy (non-hydrogen) atoms. The molecule has 1 fully saturated rings. The molecule has 2 rings (SSSR count). The minimum Gasteiger partial charge on any atom is -0.481 e. The fourth-order valence-corrected chi connectivity index (χ4v) is 4.73. The number of carboxylic acid groups (broad SMARTS) is 1. The molecule has 5 heteroatoms. The largest absolute Gasteiger partial charge is 0.481 e. The van der Waals surface area contributed by atoms with Crippen LogP contribution in [-0.4, -0.2) is 44.7 Å². The SMILES string of the molecule is Cc1ccccc1CC[C@H](O)CC[C@@H]1[C@@H](CCCCCCC(=O)O)[C@@H](O)C[C@H]1O. The quantitative estimate of drug-likeness (QED) is 0.373. The Labute approximate surface area is 174 Å². The van der Waals surface area contributed by atoms with E-state index in [0.29, 0.717) is 25.7 Å². The highest BCUT2D eigenvalue weighted by molar-refractivity contribution is 5.66. The third-order valence-electron chi connectivity index (χ3n) is 6.54. The van der Waals surface area contributed by atoms with E-state index in [-0.39, 0.29) is 18.3 Å². The van der Waals surface area contributed by atoms with Gasteiger partial charge in [0.15, 0.2) is 0 Å². The second kappa shape index (κ2) is 12.3. The molecular formula is C24H38O5. The van der Waals surface area contributed by atoms with Crippen LogP contribution in [0.15, 0.2) is 24.3 Å². The average Bonchev–Trinajstić information content (AvgIpc) is 2.94. The molecule has 0 spiro atoms. The Balaban J connectivity index is 1.72. The molecule has 0 amide bonds. The van der Waals surface area contributed by atoms with E-state index in [2.05, 4.69) is 19.1 Å². The lowest BCUT2D eigenvalue weighted by Gasteiger charge is -2.24. The van der Waals surface area contributed by atoms with Crippen molar-refractivity contribution in [3.63, 3.8) is 0 Å². The van der Waals surface area contributed by atoms with Crippen molar-refractivity contribution in [2.24, 2.45) is 11.8 Å². The van der Waals surface area contributed by atoms with Gasteiger partial charge in [-0.1, -0.05) is 43.5 Å². The lowest BCUT2D eigenvalue weighted by molar-refractivity contribution is -0.137. The number of aliphatic hydroxyl groups excluding tert-OH is 3. The molecule has 1 aliphatic rings. The van der Waals surface area contributed by atoms with Gasteiger partial charge in [-0.05, 0) is 74.8 Å². The van der Waals surface area contributed by atoms with Gasteiger partial charge < -0.3 is 20.4 Å². The first-order valence-corrected chi connectivity index (χ1v) is 11.2. The molecular weight excluding hydrogens is 368 g/mol. The van der Waals surface area contributed by atoms with Crippen molar-refractivity contribution >= 4 is 5.97 Å². The van der Waals surface area contributed by atoms with Crippen molar-refractivity contribution in [2.45, 2.75) is 95.9 Å². The molecule has 0 saturated heterocycles. The number of benzene rings is 1. The Hall–Kier alpha value is -1.43. The van der Waals surface area contributed by atoms with E-state index in [0.717, 1.165) is 38.5 Å². The molecule has 0 unspecified atom stereocenters. The van der Waals surface area contributed by atoms with Gasteiger partial charge in [0, 0.05) is 6.42 Å². The van der Waals surface area contributed by atoms with Gasteiger partial charge in [0.2, 0.25) is 0 Å². The van der Waals surface area contributed by atoms with Crippen molar-refractivity contribution in [2.75, 3.05) is 0 Å². The number of carboxylic acids is 1. The van der Waals surface area contributed by atoms with Crippen molar-refractivity contribution in [3.8, 4) is 0 Å². The van der Waals surface area contributed by atoms with Gasteiger partial charge in [-0.25, -0.2) is 0 Å². The number of unbranched alkanes of at least 4 members (excludes halogenated alkanes) is 3. The van der Waals surface area contributed by atoms with Gasteiger partial charge in [-0.2, -0.15) is 0 Å². The maximum absolute atomic E-state index is 10.6. The molecule has 1 aliphatic carbocycles. The summed E-state index contributed by atoms with van der Waals surface area (Å²) in [4.78, 5) is 10.6. The fraction of sp³-hybridized carbons (Fsp3) is 0.708. The van der Waals surface area contributed by atoms with Gasteiger partial charge in [-0.15, -0.1) is 0 Å². The second-order valence-corrected chi connectivity index (χ2v) is 8.74. The predicted molar refractivity (Wildman–Crippen MR) is 114 cm³/mol. The molecule has 0 aromatic heterocycles. The summed E-state index contributed by atoms with van der Waals surface area (Å²) in [5.74, 6) is -0.634. The summed E-state index contributed by atoms with van der Waals surface area (Å²) in [5, 5.41) is 39.8. The Bertz CT molecular complexity index is 617. The highest BCUT2D eigenvalue weighted by atomic mass is 16.4. The van der Waals surface area contributed by atoms with Crippen LogP contribution in [0.2, 0.25) is 0 Å². The monoisotopic (exact) mass is 406 g/mol. The summed E-state index contributed by atoms with van der Waals surface area (Å²) < 4.78 is 0. The maximum Gasteiger partial charge on any atom is 0.303 e. The lowest BCUT2D eigenvalue weighted by atomic mass is 9.84. The number of rotatable bonds is 13. The van der Waals surface area contributed by atoms with Crippen molar-refractivity contribution in [1.82, 2.24) is 0 Å². The van der Waals surface area contributed by atoms with Gasteiger partial charge in [0.25, 0.3) is 0 Å². The van der Waals surface area contributed by atoms with Crippen molar-refractivity contribution in [3.05, 3.63) is 35.4 Å². The molecule has 1 saturated carbocycles. The average molecular weight is 407 g/mol. The standard InChI is InChI=1S/C24H38O5/c1-17-8-6-7-9-18(17)12-13-19(25)14-15-21-20(22(26)16-23(21)27)10-4-2-3-5-11-24(28)29/h6-9,19-23,25-27H,2-5,10-16H2,1H3,(H,28,29)/t19-,20+,21+,22-,23+/m0/s1. The van der Waals surface area contributed by atoms with Crippen LogP contribution >= 0.6 is 0 Å². The Morgan fingerprint density at radius 3 is 2.34 bits per heavy atom. The summed E-state index contributed by atoms with van der Waals surface area (Å²) in [6.07, 6.45) is 6.57. The van der Waals surface area contributed by atoms with Crippen LogP contribution in [0.25, 0.3) is 0 Å². The molecule has 164 valence electrons. The Morgan fingerprint density at radius 2 is 1.66 bits per heavy atom. The molecule has 0 bridgehead atoms. The number of aryl methyl sites for hydroxylation is 2. The van der Waals surface area contributed by atoms with Crippen molar-refractivity contribution < 1.29 is 25.2 Å². The Kier molecular flexibility index (Phi) is 10.1. The van der Waals surface area contributed by atoms with Crippen LogP contribution in [0, 0.1) is 18.8 Å². The third-order valence-corrected chi connectivity index (χ3v) is 6.54. The summed E-state index contributed by atoms with van der Waals surface area (Å²) in [7, 11) is 0. The summed E-state index contributed by atoms with van der Waals surface area (Å²) >= 11 is 0. The summed E-state index contributed by atoms with van der Waals surface area (Å²) in [6.45, 7) is 2.09. The fourth-order valence-electron chi connectivity index (χ4n) is 4.73. The highest BCUT2D eigenvalue weighted by Gasteiger charge is 2.40. The minimum absolute atomic E-state index is 0.0390. The molecule has 1 aromatic rings. The van der Waals surface area contributed by atoms with Gasteiger partial charge in [-0.3, -0.25) is 4.79 Å². The molecule has 0 heterocycles. The first kappa shape index (κ1) is 23.8. The smallest absolute Gasteiger partial charge is 0.303 e. The van der Waals surface area contributed by atoms with E-state index in [1.165, 1.54) is 11.1 Å². The van der Waals surface area contributed by atoms with Gasteiger partial charge in [0.1, 0.15) is 0 Å². The molecule has 5 atom stereocenters. The second-order valence-electron chi connectivity index (χ2n) is 8.74. The zero-order valence-electron chi connectivity index (χ0n) is 17.7. The van der Waals surface area contributed by atoms with Crippen LogP contribution in [0.1, 0.15) is 75.3 Å². The van der Waals surface area contributed by atoms with Crippen molar-refractivity contribution in [1.29, 1.82) is 0 Å². The van der Waals surface area contributed by atoms with Gasteiger partial charge in [0.05, 0.1) is 18.3 Å². The van der Waals surface area contributed by atoms with Crippen LogP contribution in [-0.2, 0) is 11.2 Å². The lowest BCUT2D eigenvalue weighted by Crippen LogP contribution is -2.24. The van der Waals surface area contributed by atoms with Gasteiger partial charge >= 0.3 is 5.97 Å². The Morgan fingerprint density at radius 1 is 1.00 bits per heavy atom. The third kappa shape index (κ3) is 8.07. The predicted octanol–water partition coefficient (Wildman–Crippen LogP) is 3.85. The zero-order chi connectivity index (χ0) is 21.2. The summed E-state index contributed by atoms with van der Waals surface area (Å²) in [5.41, 5.74) is 2.51. The molecule has 4 N–H and O–H groups in total. The topological polar surface area (TPSA) is 98.0 Å². The molecule has 0 radical (unpaired) electrons. The first-order valence-electron chi connectivity index (χ1n) is 11.2. The van der Waals surface area contributed by atoms with Crippen LogP contribution in [0.4, 0.5) is 0 Å². The maximum atomic E-state index is 10.6. The first-order chi connectivity index (χ1) is 13.9. The number of aliphatic carboxylic acids is 1. The molecule has 0 aliphatic heterocycles. The van der Waals surface area contributed by atoms with E-state index in [9.17, 15) is 20.1 Å². The zero-order valence-corrected chi connectivity index (χ0v) is 17.7. The van der Waals surface area contributed by atoms with Crippen LogP contribution in [0.5, 0.6) is 0 Å². The molecule has 5 nitrogen and oxygen atoms in total. The number of carbonyl (C=O) groups is 1. The summed E-state index contributed by atoms with van der Waals surface area (Å²) in [6, 6.07) is 8.24.